The van der Waals surface area contributed by atoms with Crippen molar-refractivity contribution in [1.82, 2.24) is 9.78 Å². The molecule has 0 aliphatic heterocycles. The summed E-state index contributed by atoms with van der Waals surface area (Å²) >= 11 is 0. The number of aromatic nitrogens is 2. The van der Waals surface area contributed by atoms with Crippen LogP contribution in [0.25, 0.3) is 0 Å². The highest BCUT2D eigenvalue weighted by atomic mass is 16.5. The predicted molar refractivity (Wildman–Crippen MR) is 78.2 cm³/mol. The zero-order chi connectivity index (χ0) is 14.5. The maximum absolute atomic E-state index is 12.4. The van der Waals surface area contributed by atoms with Crippen molar-refractivity contribution in [2.24, 2.45) is 0 Å². The van der Waals surface area contributed by atoms with Gasteiger partial charge in [0.25, 0.3) is 0 Å². The van der Waals surface area contributed by atoms with Crippen molar-refractivity contribution in [3.05, 3.63) is 47.8 Å². The highest BCUT2D eigenvalue weighted by Gasteiger charge is 2.12. The van der Waals surface area contributed by atoms with Gasteiger partial charge in [0.2, 0.25) is 0 Å². The molecule has 0 bridgehead atoms. The van der Waals surface area contributed by atoms with Crippen LogP contribution < -0.4 is 4.74 Å². The number of hydrogen-bond acceptors (Lipinski definition) is 3. The van der Waals surface area contributed by atoms with Gasteiger partial charge >= 0.3 is 0 Å². The zero-order valence-electron chi connectivity index (χ0n) is 12.2. The minimum atomic E-state index is -0.0263. The van der Waals surface area contributed by atoms with E-state index in [4.69, 9.17) is 4.74 Å². The summed E-state index contributed by atoms with van der Waals surface area (Å²) < 4.78 is 7.40. The van der Waals surface area contributed by atoms with Gasteiger partial charge in [-0.05, 0) is 32.4 Å². The summed E-state index contributed by atoms with van der Waals surface area (Å²) in [7, 11) is 0. The van der Waals surface area contributed by atoms with Crippen LogP contribution in [0.15, 0.2) is 36.7 Å². The Morgan fingerprint density at radius 1 is 1.35 bits per heavy atom. The fourth-order valence-electron chi connectivity index (χ4n) is 1.98. The van der Waals surface area contributed by atoms with E-state index in [1.165, 1.54) is 0 Å². The van der Waals surface area contributed by atoms with Gasteiger partial charge in [-0.2, -0.15) is 5.10 Å². The number of ether oxygens (including phenoxy) is 1. The summed E-state index contributed by atoms with van der Waals surface area (Å²) in [5.41, 5.74) is 1.24. The van der Waals surface area contributed by atoms with Gasteiger partial charge in [0.15, 0.2) is 5.78 Å². The number of benzene rings is 1. The van der Waals surface area contributed by atoms with Crippen molar-refractivity contribution < 1.29 is 9.53 Å². The number of carbonyl (C=O) groups is 1. The molecule has 0 saturated carbocycles. The third-order valence-corrected chi connectivity index (χ3v) is 2.82. The second kappa shape index (κ2) is 6.37. The largest absolute Gasteiger partial charge is 0.491 e. The topological polar surface area (TPSA) is 44.1 Å². The van der Waals surface area contributed by atoms with Gasteiger partial charge in [0, 0.05) is 18.3 Å². The van der Waals surface area contributed by atoms with Crippen LogP contribution in [-0.2, 0) is 6.54 Å². The van der Waals surface area contributed by atoms with Crippen LogP contribution in [0.2, 0.25) is 0 Å². The molecule has 1 heterocycles. The lowest BCUT2D eigenvalue weighted by Crippen LogP contribution is -2.07. The van der Waals surface area contributed by atoms with Gasteiger partial charge in [-0.1, -0.05) is 19.1 Å². The average molecular weight is 272 g/mol. The van der Waals surface area contributed by atoms with E-state index in [0.717, 1.165) is 13.0 Å². The van der Waals surface area contributed by atoms with Gasteiger partial charge in [0.05, 0.1) is 17.9 Å². The third kappa shape index (κ3) is 3.47. The van der Waals surface area contributed by atoms with E-state index in [2.05, 4.69) is 12.0 Å². The summed E-state index contributed by atoms with van der Waals surface area (Å²) in [6.07, 6.45) is 4.50. The Kier molecular flexibility index (Phi) is 4.56. The Labute approximate surface area is 119 Å². The maximum atomic E-state index is 12.4. The number of rotatable bonds is 6. The monoisotopic (exact) mass is 272 g/mol. The van der Waals surface area contributed by atoms with Crippen LogP contribution in [0.3, 0.4) is 0 Å². The molecule has 2 rings (SSSR count). The summed E-state index contributed by atoms with van der Waals surface area (Å²) in [6.45, 7) is 6.83. The van der Waals surface area contributed by atoms with Gasteiger partial charge < -0.3 is 4.74 Å². The average Bonchev–Trinajstić information content (AvgIpc) is 2.86. The summed E-state index contributed by atoms with van der Waals surface area (Å²) in [5, 5.41) is 4.19. The number of ketones is 1. The van der Waals surface area contributed by atoms with Gasteiger partial charge in [-0.25, -0.2) is 0 Å². The van der Waals surface area contributed by atoms with Gasteiger partial charge in [0.1, 0.15) is 5.75 Å². The van der Waals surface area contributed by atoms with Crippen LogP contribution in [-0.4, -0.2) is 21.7 Å². The minimum absolute atomic E-state index is 0.0263. The van der Waals surface area contributed by atoms with E-state index in [-0.39, 0.29) is 11.9 Å². The Bertz CT molecular complexity index is 588. The van der Waals surface area contributed by atoms with E-state index in [9.17, 15) is 4.79 Å². The number of aryl methyl sites for hydroxylation is 1. The molecule has 20 heavy (non-hydrogen) atoms. The summed E-state index contributed by atoms with van der Waals surface area (Å²) in [6, 6.07) is 7.27. The third-order valence-electron chi connectivity index (χ3n) is 2.82. The van der Waals surface area contributed by atoms with Crippen LogP contribution in [0.5, 0.6) is 5.75 Å². The first kappa shape index (κ1) is 14.3. The molecule has 1 aromatic carbocycles. The lowest BCUT2D eigenvalue weighted by Gasteiger charge is -2.10. The van der Waals surface area contributed by atoms with E-state index in [1.54, 1.807) is 29.2 Å². The Morgan fingerprint density at radius 2 is 2.15 bits per heavy atom. The Hall–Kier alpha value is -2.10. The molecule has 0 radical (unpaired) electrons. The SMILES string of the molecule is CCCn1cc(C(=O)c2cccc(OC(C)C)c2)cn1. The van der Waals surface area contributed by atoms with Crippen LogP contribution in [0, 0.1) is 0 Å². The molecule has 0 atom stereocenters. The minimum Gasteiger partial charge on any atom is -0.491 e. The maximum Gasteiger partial charge on any atom is 0.196 e. The molecule has 0 aliphatic carbocycles. The fraction of sp³-hybridized carbons (Fsp3) is 0.375. The lowest BCUT2D eigenvalue weighted by atomic mass is 10.1. The highest BCUT2D eigenvalue weighted by Crippen LogP contribution is 2.17. The molecule has 0 unspecified atom stereocenters. The van der Waals surface area contributed by atoms with Crippen molar-refractivity contribution in [3.63, 3.8) is 0 Å². The van der Waals surface area contributed by atoms with E-state index in [0.29, 0.717) is 16.9 Å². The highest BCUT2D eigenvalue weighted by molar-refractivity contribution is 6.08. The summed E-state index contributed by atoms with van der Waals surface area (Å²) in [5.74, 6) is 0.688. The molecule has 106 valence electrons. The Balaban J connectivity index is 2.19. The van der Waals surface area contributed by atoms with E-state index >= 15 is 0 Å². The second-order valence-corrected chi connectivity index (χ2v) is 5.02. The first-order valence-electron chi connectivity index (χ1n) is 6.94. The molecule has 4 nitrogen and oxygen atoms in total. The fourth-order valence-corrected chi connectivity index (χ4v) is 1.98. The summed E-state index contributed by atoms with van der Waals surface area (Å²) in [4.78, 5) is 12.4. The van der Waals surface area contributed by atoms with Crippen molar-refractivity contribution >= 4 is 5.78 Å². The standard InChI is InChI=1S/C16H20N2O2/c1-4-8-18-11-14(10-17-18)16(19)13-6-5-7-15(9-13)20-12(2)3/h5-7,9-12H,4,8H2,1-3H3. The Morgan fingerprint density at radius 3 is 2.85 bits per heavy atom. The lowest BCUT2D eigenvalue weighted by molar-refractivity contribution is 0.103. The van der Waals surface area contributed by atoms with Crippen molar-refractivity contribution in [2.45, 2.75) is 39.8 Å². The number of carbonyl (C=O) groups excluding carboxylic acids is 1. The first-order valence-corrected chi connectivity index (χ1v) is 6.94. The van der Waals surface area contributed by atoms with E-state index in [1.807, 2.05) is 26.0 Å². The number of nitrogens with zero attached hydrogens (tertiary/aromatic N) is 2. The van der Waals surface area contributed by atoms with Gasteiger partial charge in [-0.15, -0.1) is 0 Å². The predicted octanol–water partition coefficient (Wildman–Crippen LogP) is 3.31. The second-order valence-electron chi connectivity index (χ2n) is 5.02. The molecule has 4 heteroatoms. The van der Waals surface area contributed by atoms with E-state index < -0.39 is 0 Å². The van der Waals surface area contributed by atoms with Crippen LogP contribution in [0.1, 0.15) is 43.1 Å². The molecule has 0 fully saturated rings. The van der Waals surface area contributed by atoms with Crippen molar-refractivity contribution in [2.75, 3.05) is 0 Å². The quantitative estimate of drug-likeness (QED) is 0.758. The zero-order valence-corrected chi connectivity index (χ0v) is 12.2. The molecule has 2 aromatic rings. The normalized spacial score (nSPS) is 10.8. The molecule has 0 saturated heterocycles. The van der Waals surface area contributed by atoms with Crippen molar-refractivity contribution in [3.8, 4) is 5.75 Å². The van der Waals surface area contributed by atoms with Crippen LogP contribution >= 0.6 is 0 Å². The molecular weight excluding hydrogens is 252 g/mol. The molecule has 0 spiro atoms. The first-order chi connectivity index (χ1) is 9.60. The molecule has 0 amide bonds. The van der Waals surface area contributed by atoms with Crippen LogP contribution in [0.4, 0.5) is 0 Å². The smallest absolute Gasteiger partial charge is 0.196 e. The number of hydrogen-bond donors (Lipinski definition) is 0. The molecule has 0 N–H and O–H groups in total. The van der Waals surface area contributed by atoms with Gasteiger partial charge in [-0.3, -0.25) is 9.48 Å². The molecular formula is C16H20N2O2. The van der Waals surface area contributed by atoms with Crippen molar-refractivity contribution in [1.29, 1.82) is 0 Å². The molecule has 1 aromatic heterocycles. The molecule has 0 aliphatic rings.